The predicted molar refractivity (Wildman–Crippen MR) is 88.9 cm³/mol. The van der Waals surface area contributed by atoms with Crippen LogP contribution in [0.5, 0.6) is 0 Å². The van der Waals surface area contributed by atoms with E-state index in [-0.39, 0.29) is 0 Å². The van der Waals surface area contributed by atoms with E-state index < -0.39 is 5.72 Å². The Morgan fingerprint density at radius 2 is 1.73 bits per heavy atom. The first-order valence-corrected chi connectivity index (χ1v) is 7.34. The normalized spacial score (nSPS) is 21.2. The Morgan fingerprint density at radius 1 is 1.09 bits per heavy atom. The zero-order chi connectivity index (χ0) is 15.4. The fourth-order valence-corrected chi connectivity index (χ4v) is 2.33. The van der Waals surface area contributed by atoms with Gasteiger partial charge in [0.2, 0.25) is 5.72 Å². The Kier molecular flexibility index (Phi) is 3.92. The lowest BCUT2D eigenvalue weighted by atomic mass is 10.0. The molecule has 112 valence electrons. The van der Waals surface area contributed by atoms with E-state index in [1.807, 2.05) is 74.5 Å². The number of rotatable bonds is 4. The van der Waals surface area contributed by atoms with Crippen molar-refractivity contribution in [3.63, 3.8) is 0 Å². The first-order valence-electron chi connectivity index (χ1n) is 7.34. The van der Waals surface area contributed by atoms with Crippen LogP contribution in [0.2, 0.25) is 0 Å². The van der Waals surface area contributed by atoms with E-state index in [2.05, 4.69) is 15.7 Å². The van der Waals surface area contributed by atoms with Crippen molar-refractivity contribution in [3.8, 4) is 0 Å². The van der Waals surface area contributed by atoms with Gasteiger partial charge in [0, 0.05) is 0 Å². The summed E-state index contributed by atoms with van der Waals surface area (Å²) in [6, 6.07) is 20.1. The quantitative estimate of drug-likeness (QED) is 0.692. The zero-order valence-corrected chi connectivity index (χ0v) is 12.8. The third-order valence-electron chi connectivity index (χ3n) is 3.62. The maximum atomic E-state index is 5.56. The average Bonchev–Trinajstić information content (AvgIpc) is 2.97. The van der Waals surface area contributed by atoms with Crippen molar-refractivity contribution in [2.75, 3.05) is 0 Å². The molecular weight excluding hydrogens is 274 g/mol. The van der Waals surface area contributed by atoms with Crippen LogP contribution in [-0.4, -0.2) is 17.1 Å². The number of hydrogen-bond donors (Lipinski definition) is 1. The molecule has 0 aliphatic carbocycles. The average molecular weight is 293 g/mol. The summed E-state index contributed by atoms with van der Waals surface area (Å²) < 4.78 is 0. The summed E-state index contributed by atoms with van der Waals surface area (Å²) in [4.78, 5) is 5.56. The number of nitrogens with zero attached hydrogens (tertiary/aromatic N) is 2. The molecule has 1 aliphatic heterocycles. The Balaban J connectivity index is 1.67. The summed E-state index contributed by atoms with van der Waals surface area (Å²) in [6.45, 7) is 3.92. The highest BCUT2D eigenvalue weighted by atomic mass is 16.7. The third-order valence-corrected chi connectivity index (χ3v) is 3.62. The van der Waals surface area contributed by atoms with Crippen molar-refractivity contribution in [1.29, 1.82) is 0 Å². The minimum Gasteiger partial charge on any atom is -0.366 e. The molecule has 2 aromatic carbocycles. The largest absolute Gasteiger partial charge is 0.366 e. The van der Waals surface area contributed by atoms with Crippen molar-refractivity contribution < 1.29 is 4.84 Å². The second-order valence-corrected chi connectivity index (χ2v) is 5.58. The van der Waals surface area contributed by atoms with Gasteiger partial charge in [-0.3, -0.25) is 5.43 Å². The first-order chi connectivity index (χ1) is 10.7. The second kappa shape index (κ2) is 6.02. The smallest absolute Gasteiger partial charge is 0.224 e. The Labute approximate surface area is 130 Å². The highest BCUT2D eigenvalue weighted by molar-refractivity contribution is 6.01. The van der Waals surface area contributed by atoms with Gasteiger partial charge in [0.1, 0.15) is 0 Å². The molecular formula is C18H19N3O. The summed E-state index contributed by atoms with van der Waals surface area (Å²) in [7, 11) is 0. The Hall–Kier alpha value is -2.62. The zero-order valence-electron chi connectivity index (χ0n) is 12.8. The third kappa shape index (κ3) is 3.17. The highest BCUT2D eigenvalue weighted by Crippen LogP contribution is 2.24. The molecule has 3 rings (SSSR count). The molecule has 4 heteroatoms. The SMILES string of the molecule is C/C(=N/NC1(C)CC(c2ccccc2)=NO1)c1ccccc1. The van der Waals surface area contributed by atoms with Crippen molar-refractivity contribution in [3.05, 3.63) is 71.8 Å². The van der Waals surface area contributed by atoms with Crippen LogP contribution in [0.4, 0.5) is 0 Å². The summed E-state index contributed by atoms with van der Waals surface area (Å²) >= 11 is 0. The molecule has 1 heterocycles. The molecule has 0 aromatic heterocycles. The van der Waals surface area contributed by atoms with Crippen LogP contribution in [0.1, 0.15) is 31.4 Å². The van der Waals surface area contributed by atoms with E-state index in [9.17, 15) is 0 Å². The molecule has 1 unspecified atom stereocenters. The van der Waals surface area contributed by atoms with E-state index in [0.717, 1.165) is 22.6 Å². The summed E-state index contributed by atoms with van der Waals surface area (Å²) in [5, 5.41) is 8.64. The molecule has 0 spiro atoms. The van der Waals surface area contributed by atoms with Crippen LogP contribution in [0.25, 0.3) is 0 Å². The maximum absolute atomic E-state index is 5.56. The molecule has 0 radical (unpaired) electrons. The van der Waals surface area contributed by atoms with Gasteiger partial charge in [-0.15, -0.1) is 0 Å². The maximum Gasteiger partial charge on any atom is 0.224 e. The molecule has 4 nitrogen and oxygen atoms in total. The first kappa shape index (κ1) is 14.3. The van der Waals surface area contributed by atoms with Crippen LogP contribution >= 0.6 is 0 Å². The molecule has 0 saturated heterocycles. The van der Waals surface area contributed by atoms with Gasteiger partial charge >= 0.3 is 0 Å². The number of nitrogens with one attached hydrogen (secondary N) is 1. The predicted octanol–water partition coefficient (Wildman–Crippen LogP) is 3.54. The summed E-state index contributed by atoms with van der Waals surface area (Å²) in [5.41, 5.74) is 6.51. The van der Waals surface area contributed by atoms with Crippen LogP contribution in [0.3, 0.4) is 0 Å². The van der Waals surface area contributed by atoms with Gasteiger partial charge < -0.3 is 4.84 Å². The van der Waals surface area contributed by atoms with Gasteiger partial charge in [0.15, 0.2) is 0 Å². The fourth-order valence-electron chi connectivity index (χ4n) is 2.33. The van der Waals surface area contributed by atoms with E-state index in [4.69, 9.17) is 4.84 Å². The summed E-state index contributed by atoms with van der Waals surface area (Å²) in [6.07, 6.45) is 0.669. The van der Waals surface area contributed by atoms with E-state index >= 15 is 0 Å². The highest BCUT2D eigenvalue weighted by Gasteiger charge is 2.34. The molecule has 2 aromatic rings. The van der Waals surface area contributed by atoms with E-state index in [1.54, 1.807) is 0 Å². The summed E-state index contributed by atoms with van der Waals surface area (Å²) in [5.74, 6) is 0. The molecule has 22 heavy (non-hydrogen) atoms. The Bertz CT molecular complexity index is 695. The minimum absolute atomic E-state index is 0.610. The number of oxime groups is 1. The van der Waals surface area contributed by atoms with Crippen LogP contribution in [0, 0.1) is 0 Å². The van der Waals surface area contributed by atoms with Crippen molar-refractivity contribution in [2.45, 2.75) is 26.0 Å². The Morgan fingerprint density at radius 3 is 2.41 bits per heavy atom. The topological polar surface area (TPSA) is 46.0 Å². The minimum atomic E-state index is -0.610. The molecule has 1 atom stereocenters. The number of hydrogen-bond acceptors (Lipinski definition) is 4. The van der Waals surface area contributed by atoms with E-state index in [1.165, 1.54) is 0 Å². The molecule has 1 N–H and O–H groups in total. The van der Waals surface area contributed by atoms with Gasteiger partial charge in [0.05, 0.1) is 17.8 Å². The lowest BCUT2D eigenvalue weighted by molar-refractivity contribution is -0.0298. The van der Waals surface area contributed by atoms with Crippen LogP contribution < -0.4 is 5.43 Å². The van der Waals surface area contributed by atoms with Gasteiger partial charge in [-0.2, -0.15) is 5.10 Å². The molecule has 0 fully saturated rings. The molecule has 0 bridgehead atoms. The van der Waals surface area contributed by atoms with Gasteiger partial charge in [-0.05, 0) is 25.0 Å². The van der Waals surface area contributed by atoms with Gasteiger partial charge in [-0.1, -0.05) is 65.8 Å². The fraction of sp³-hybridized carbons (Fsp3) is 0.222. The number of benzene rings is 2. The van der Waals surface area contributed by atoms with Crippen LogP contribution in [0.15, 0.2) is 70.9 Å². The second-order valence-electron chi connectivity index (χ2n) is 5.58. The van der Waals surface area contributed by atoms with Crippen molar-refractivity contribution in [2.24, 2.45) is 10.3 Å². The van der Waals surface area contributed by atoms with Gasteiger partial charge in [0.25, 0.3) is 0 Å². The molecule has 0 amide bonds. The molecule has 1 aliphatic rings. The number of hydrazone groups is 1. The van der Waals surface area contributed by atoms with Crippen molar-refractivity contribution in [1.82, 2.24) is 5.43 Å². The van der Waals surface area contributed by atoms with E-state index in [0.29, 0.717) is 6.42 Å². The van der Waals surface area contributed by atoms with Gasteiger partial charge in [-0.25, -0.2) is 0 Å². The van der Waals surface area contributed by atoms with Crippen molar-refractivity contribution >= 4 is 11.4 Å². The lowest BCUT2D eigenvalue weighted by Crippen LogP contribution is -2.39. The monoisotopic (exact) mass is 293 g/mol. The lowest BCUT2D eigenvalue weighted by Gasteiger charge is -2.21. The molecule has 0 saturated carbocycles. The standard InChI is InChI=1S/C18H19N3O/c1-14(15-9-5-3-6-10-15)19-21-18(2)13-17(20-22-18)16-11-7-4-8-12-16/h3-12,21H,13H2,1-2H3/b19-14-. The van der Waals surface area contributed by atoms with Crippen LogP contribution in [-0.2, 0) is 4.84 Å².